The summed E-state index contributed by atoms with van der Waals surface area (Å²) >= 11 is 0. The number of hydrogen-bond donors (Lipinski definition) is 2. The van der Waals surface area contributed by atoms with Crippen LogP contribution < -0.4 is 15.4 Å². The zero-order chi connectivity index (χ0) is 26.4. The van der Waals surface area contributed by atoms with Gasteiger partial charge < -0.3 is 19.9 Å². The summed E-state index contributed by atoms with van der Waals surface area (Å²) in [6.45, 7) is 9.19. The molecule has 4 amide bonds. The van der Waals surface area contributed by atoms with Crippen molar-refractivity contribution in [1.82, 2.24) is 30.3 Å². The van der Waals surface area contributed by atoms with Crippen LogP contribution in [0.1, 0.15) is 34.1 Å². The number of nitrogens with one attached hydrogen (secondary N) is 2. The number of rotatable bonds is 4. The largest absolute Gasteiger partial charge is 0.497 e. The van der Waals surface area contributed by atoms with Crippen LogP contribution in [0, 0.1) is 11.8 Å². The number of benzene rings is 1. The van der Waals surface area contributed by atoms with E-state index in [-0.39, 0.29) is 5.91 Å². The van der Waals surface area contributed by atoms with Gasteiger partial charge in [-0.05, 0) is 36.4 Å². The lowest BCUT2D eigenvalue weighted by Gasteiger charge is -2.33. The number of likely N-dealkylation sites (N-methyl/N-ethyl adjacent to an activating group) is 1. The molecule has 0 bridgehead atoms. The standard InChI is InChI=1S/C17H21N5O2.C10H11NO2/c1-2-21-7-9-22(10-8-21)12-14-5-3-13(11-18-14)4-6-15-16(23)20-17(24)19-15;1-11-6-7-3-4-8(13-2)5-9(7)10(11)12/h3,5,11,15H,2,7-10,12H2,1H3,(H2,19,20,23,24);3-5H,6H2,1-2H3. The molecular formula is C27H32N6O4. The third-order valence-corrected chi connectivity index (χ3v) is 6.56. The second-order valence-electron chi connectivity index (χ2n) is 9.10. The molecule has 3 aliphatic heterocycles. The number of carbonyl (C=O) groups is 3. The van der Waals surface area contributed by atoms with Gasteiger partial charge in [0.25, 0.3) is 11.8 Å². The van der Waals surface area contributed by atoms with Gasteiger partial charge in [-0.15, -0.1) is 0 Å². The molecule has 2 saturated heterocycles. The Hall–Kier alpha value is -3.94. The average Bonchev–Trinajstić information content (AvgIpc) is 3.39. The van der Waals surface area contributed by atoms with E-state index in [1.807, 2.05) is 24.3 Å². The number of urea groups is 1. The zero-order valence-corrected chi connectivity index (χ0v) is 21.4. The minimum absolute atomic E-state index is 0.0777. The number of hydrogen-bond acceptors (Lipinski definition) is 7. The van der Waals surface area contributed by atoms with Crippen molar-refractivity contribution in [3.05, 3.63) is 58.9 Å². The molecule has 2 N–H and O–H groups in total. The van der Waals surface area contributed by atoms with Gasteiger partial charge in [0.1, 0.15) is 5.75 Å². The van der Waals surface area contributed by atoms with Gasteiger partial charge in [0.2, 0.25) is 0 Å². The molecule has 1 atom stereocenters. The summed E-state index contributed by atoms with van der Waals surface area (Å²) in [6.07, 6.45) is 1.71. The van der Waals surface area contributed by atoms with Crippen LogP contribution in [0.2, 0.25) is 0 Å². The molecule has 194 valence electrons. The number of amides is 4. The number of methoxy groups -OCH3 is 1. The second kappa shape index (κ2) is 11.9. The maximum atomic E-state index is 11.5. The maximum Gasteiger partial charge on any atom is 0.322 e. The van der Waals surface area contributed by atoms with Gasteiger partial charge in [0.05, 0.1) is 12.8 Å². The van der Waals surface area contributed by atoms with Crippen LogP contribution in [0.5, 0.6) is 5.75 Å². The lowest BCUT2D eigenvalue weighted by atomic mass is 10.1. The monoisotopic (exact) mass is 504 g/mol. The summed E-state index contributed by atoms with van der Waals surface area (Å²) in [7, 11) is 3.40. The molecule has 2 aromatic rings. The van der Waals surface area contributed by atoms with Crippen molar-refractivity contribution >= 4 is 17.8 Å². The Balaban J connectivity index is 0.000000207. The summed E-state index contributed by atoms with van der Waals surface area (Å²) in [6, 6.07) is 8.18. The van der Waals surface area contributed by atoms with Crippen molar-refractivity contribution in [2.24, 2.45) is 0 Å². The van der Waals surface area contributed by atoms with Crippen molar-refractivity contribution in [3.8, 4) is 17.6 Å². The second-order valence-corrected chi connectivity index (χ2v) is 9.10. The molecule has 0 radical (unpaired) electrons. The van der Waals surface area contributed by atoms with E-state index >= 15 is 0 Å². The minimum Gasteiger partial charge on any atom is -0.497 e. The summed E-state index contributed by atoms with van der Waals surface area (Å²) < 4.78 is 5.05. The first-order valence-electron chi connectivity index (χ1n) is 12.3. The molecular weight excluding hydrogens is 472 g/mol. The fourth-order valence-corrected chi connectivity index (χ4v) is 4.31. The van der Waals surface area contributed by atoms with Crippen molar-refractivity contribution < 1.29 is 19.1 Å². The number of piperazine rings is 1. The fourth-order valence-electron chi connectivity index (χ4n) is 4.31. The molecule has 0 spiro atoms. The quantitative estimate of drug-likeness (QED) is 0.474. The Morgan fingerprint density at radius 1 is 1.08 bits per heavy atom. The molecule has 3 aliphatic rings. The molecule has 0 aliphatic carbocycles. The molecule has 1 unspecified atom stereocenters. The van der Waals surface area contributed by atoms with Crippen LogP contribution in [0.15, 0.2) is 36.5 Å². The average molecular weight is 505 g/mol. The highest BCUT2D eigenvalue weighted by atomic mass is 16.5. The zero-order valence-electron chi connectivity index (χ0n) is 21.4. The number of fused-ring (bicyclic) bond motifs is 1. The van der Waals surface area contributed by atoms with Crippen molar-refractivity contribution in [1.29, 1.82) is 0 Å². The highest BCUT2D eigenvalue weighted by Crippen LogP contribution is 2.25. The van der Waals surface area contributed by atoms with Gasteiger partial charge in [0.15, 0.2) is 6.04 Å². The predicted molar refractivity (Wildman–Crippen MR) is 138 cm³/mol. The van der Waals surface area contributed by atoms with Crippen LogP contribution in [0.3, 0.4) is 0 Å². The van der Waals surface area contributed by atoms with Crippen LogP contribution in [0.25, 0.3) is 0 Å². The predicted octanol–water partition coefficient (Wildman–Crippen LogP) is 1.06. The molecule has 37 heavy (non-hydrogen) atoms. The molecule has 1 aromatic carbocycles. The molecule has 10 nitrogen and oxygen atoms in total. The van der Waals surface area contributed by atoms with Crippen LogP contribution in [-0.4, -0.2) is 90.5 Å². The van der Waals surface area contributed by atoms with E-state index in [0.29, 0.717) is 6.54 Å². The lowest BCUT2D eigenvalue weighted by molar-refractivity contribution is -0.119. The Bertz CT molecular complexity index is 1210. The smallest absolute Gasteiger partial charge is 0.322 e. The number of ether oxygens (including phenoxy) is 1. The first-order valence-corrected chi connectivity index (χ1v) is 12.3. The molecule has 5 rings (SSSR count). The first-order chi connectivity index (χ1) is 17.9. The molecule has 1 aromatic heterocycles. The number of carbonyl (C=O) groups excluding carboxylic acids is 3. The van der Waals surface area contributed by atoms with E-state index in [9.17, 15) is 14.4 Å². The van der Waals surface area contributed by atoms with E-state index in [1.54, 1.807) is 31.3 Å². The number of aromatic nitrogens is 1. The van der Waals surface area contributed by atoms with Gasteiger partial charge in [0, 0.05) is 63.6 Å². The van der Waals surface area contributed by atoms with Gasteiger partial charge in [-0.1, -0.05) is 24.8 Å². The van der Waals surface area contributed by atoms with Crippen LogP contribution in [-0.2, 0) is 17.9 Å². The van der Waals surface area contributed by atoms with E-state index in [2.05, 4.69) is 44.2 Å². The summed E-state index contributed by atoms with van der Waals surface area (Å²) in [5, 5.41) is 4.59. The van der Waals surface area contributed by atoms with E-state index in [0.717, 1.165) is 67.4 Å². The Morgan fingerprint density at radius 3 is 2.46 bits per heavy atom. The van der Waals surface area contributed by atoms with Crippen molar-refractivity contribution in [2.75, 3.05) is 46.9 Å². The van der Waals surface area contributed by atoms with Gasteiger partial charge >= 0.3 is 6.03 Å². The third-order valence-electron chi connectivity index (χ3n) is 6.56. The highest BCUT2D eigenvalue weighted by Gasteiger charge is 2.27. The van der Waals surface area contributed by atoms with Crippen molar-refractivity contribution in [3.63, 3.8) is 0 Å². The number of nitrogens with zero attached hydrogens (tertiary/aromatic N) is 4. The lowest BCUT2D eigenvalue weighted by Crippen LogP contribution is -2.45. The summed E-state index contributed by atoms with van der Waals surface area (Å²) in [5.41, 5.74) is 3.58. The summed E-state index contributed by atoms with van der Waals surface area (Å²) in [5.74, 6) is 6.02. The molecule has 0 saturated carbocycles. The maximum absolute atomic E-state index is 11.5. The Labute approximate surface area is 217 Å². The Kier molecular flexibility index (Phi) is 8.38. The van der Waals surface area contributed by atoms with Gasteiger partial charge in [-0.2, -0.15) is 0 Å². The highest BCUT2D eigenvalue weighted by molar-refractivity contribution is 6.05. The molecule has 4 heterocycles. The molecule has 10 heteroatoms. The SMILES string of the molecule is CCN1CCN(Cc2ccc(C#CC3NC(=O)NC3=O)cn2)CC1.COc1ccc2c(c1)C(=O)N(C)C2. The van der Waals surface area contributed by atoms with Gasteiger partial charge in [-0.3, -0.25) is 24.8 Å². The van der Waals surface area contributed by atoms with Crippen LogP contribution >= 0.6 is 0 Å². The third kappa shape index (κ3) is 6.64. The normalized spacial score (nSPS) is 19.3. The summed E-state index contributed by atoms with van der Waals surface area (Å²) in [4.78, 5) is 44.9. The fraction of sp³-hybridized carbons (Fsp3) is 0.407. The van der Waals surface area contributed by atoms with Gasteiger partial charge in [-0.25, -0.2) is 4.79 Å². The van der Waals surface area contributed by atoms with E-state index < -0.39 is 18.0 Å². The van der Waals surface area contributed by atoms with E-state index in [4.69, 9.17) is 4.74 Å². The van der Waals surface area contributed by atoms with Crippen molar-refractivity contribution in [2.45, 2.75) is 26.1 Å². The number of pyridine rings is 1. The number of imide groups is 1. The van der Waals surface area contributed by atoms with E-state index in [1.165, 1.54) is 0 Å². The van der Waals surface area contributed by atoms with Crippen LogP contribution in [0.4, 0.5) is 4.79 Å². The topological polar surface area (TPSA) is 107 Å². The minimum atomic E-state index is -0.785. The Morgan fingerprint density at radius 2 is 1.84 bits per heavy atom. The first kappa shape index (κ1) is 26.1. The molecule has 2 fully saturated rings.